The smallest absolute Gasteiger partial charge is 0.334 e. The molecule has 0 atom stereocenters. The topological polar surface area (TPSA) is 52.6 Å². The SMILES string of the molecule is CCCCCCCCOC(=O)/C(CC)=C(/CCCCCC)C(=O)OCCCCCCCC. The fourth-order valence-electron chi connectivity index (χ4n) is 3.85. The molecule has 0 rings (SSSR count). The number of carbonyl (C=O) groups is 2. The maximum Gasteiger partial charge on any atom is 0.334 e. The predicted octanol–water partition coefficient (Wildman–Crippen LogP) is 8.47. The van der Waals surface area contributed by atoms with Crippen LogP contribution in [0.2, 0.25) is 0 Å². The molecule has 4 nitrogen and oxygen atoms in total. The summed E-state index contributed by atoms with van der Waals surface area (Å²) in [6, 6.07) is 0. The lowest BCUT2D eigenvalue weighted by atomic mass is 9.99. The largest absolute Gasteiger partial charge is 0.462 e. The highest BCUT2D eigenvalue weighted by Crippen LogP contribution is 2.20. The molecule has 188 valence electrons. The first-order chi connectivity index (χ1) is 15.6. The zero-order chi connectivity index (χ0) is 23.9. The van der Waals surface area contributed by atoms with E-state index in [0.717, 1.165) is 51.4 Å². The van der Waals surface area contributed by atoms with Crippen molar-refractivity contribution in [2.24, 2.45) is 0 Å². The van der Waals surface area contributed by atoms with Gasteiger partial charge in [-0.1, -0.05) is 111 Å². The summed E-state index contributed by atoms with van der Waals surface area (Å²) in [5.41, 5.74) is 1.06. The normalized spacial score (nSPS) is 11.9. The third-order valence-electron chi connectivity index (χ3n) is 5.95. The Morgan fingerprint density at radius 3 is 1.28 bits per heavy atom. The molecule has 32 heavy (non-hydrogen) atoms. The third kappa shape index (κ3) is 16.3. The van der Waals surface area contributed by atoms with E-state index >= 15 is 0 Å². The van der Waals surface area contributed by atoms with Crippen LogP contribution in [0.5, 0.6) is 0 Å². The highest BCUT2D eigenvalue weighted by Gasteiger charge is 2.22. The average molecular weight is 453 g/mol. The van der Waals surface area contributed by atoms with E-state index in [1.165, 1.54) is 51.4 Å². The maximum atomic E-state index is 12.8. The van der Waals surface area contributed by atoms with Crippen molar-refractivity contribution in [2.45, 2.75) is 143 Å². The van der Waals surface area contributed by atoms with E-state index in [2.05, 4.69) is 20.8 Å². The van der Waals surface area contributed by atoms with Crippen molar-refractivity contribution >= 4 is 11.9 Å². The Bertz CT molecular complexity index is 496. The molecule has 0 unspecified atom stereocenters. The van der Waals surface area contributed by atoms with Crippen LogP contribution in [0.25, 0.3) is 0 Å². The zero-order valence-electron chi connectivity index (χ0n) is 21.8. The Morgan fingerprint density at radius 2 is 0.844 bits per heavy atom. The molecule has 0 heterocycles. The molecular weight excluding hydrogens is 400 g/mol. The number of rotatable bonds is 22. The van der Waals surface area contributed by atoms with Crippen molar-refractivity contribution in [3.8, 4) is 0 Å². The summed E-state index contributed by atoms with van der Waals surface area (Å²) in [7, 11) is 0. The zero-order valence-corrected chi connectivity index (χ0v) is 21.8. The lowest BCUT2D eigenvalue weighted by molar-refractivity contribution is -0.142. The van der Waals surface area contributed by atoms with Gasteiger partial charge in [0.2, 0.25) is 0 Å². The molecule has 0 spiro atoms. The van der Waals surface area contributed by atoms with E-state index in [4.69, 9.17) is 9.47 Å². The molecule has 0 aromatic rings. The molecule has 0 aromatic heterocycles. The van der Waals surface area contributed by atoms with Gasteiger partial charge in [0.25, 0.3) is 0 Å². The summed E-state index contributed by atoms with van der Waals surface area (Å²) >= 11 is 0. The first-order valence-corrected chi connectivity index (χ1v) is 13.7. The van der Waals surface area contributed by atoms with Crippen molar-refractivity contribution in [1.82, 2.24) is 0 Å². The molecule has 0 saturated heterocycles. The van der Waals surface area contributed by atoms with Gasteiger partial charge in [0, 0.05) is 11.1 Å². The van der Waals surface area contributed by atoms with Gasteiger partial charge in [-0.05, 0) is 32.1 Å². The molecule has 0 aliphatic rings. The van der Waals surface area contributed by atoms with Gasteiger partial charge in [0.05, 0.1) is 13.2 Å². The molecule has 4 heteroatoms. The first-order valence-electron chi connectivity index (χ1n) is 13.7. The Kier molecular flexibility index (Phi) is 21.9. The van der Waals surface area contributed by atoms with Gasteiger partial charge in [-0.3, -0.25) is 0 Å². The highest BCUT2D eigenvalue weighted by molar-refractivity contribution is 6.00. The van der Waals surface area contributed by atoms with Gasteiger partial charge >= 0.3 is 11.9 Å². The summed E-state index contributed by atoms with van der Waals surface area (Å²) in [5, 5.41) is 0. The van der Waals surface area contributed by atoms with Crippen molar-refractivity contribution in [1.29, 1.82) is 0 Å². The van der Waals surface area contributed by atoms with Crippen LogP contribution in [0.1, 0.15) is 143 Å². The van der Waals surface area contributed by atoms with E-state index < -0.39 is 0 Å². The van der Waals surface area contributed by atoms with Crippen molar-refractivity contribution in [3.05, 3.63) is 11.1 Å². The second-order valence-corrected chi connectivity index (χ2v) is 8.93. The van der Waals surface area contributed by atoms with Gasteiger partial charge < -0.3 is 9.47 Å². The monoisotopic (exact) mass is 452 g/mol. The second kappa shape index (κ2) is 22.9. The Morgan fingerprint density at radius 1 is 0.469 bits per heavy atom. The molecule has 0 N–H and O–H groups in total. The van der Waals surface area contributed by atoms with Crippen LogP contribution in [-0.2, 0) is 19.1 Å². The van der Waals surface area contributed by atoms with Crippen molar-refractivity contribution < 1.29 is 19.1 Å². The maximum absolute atomic E-state index is 12.8. The van der Waals surface area contributed by atoms with Gasteiger partial charge in [-0.25, -0.2) is 9.59 Å². The Labute approximate surface area is 198 Å². The van der Waals surface area contributed by atoms with Crippen LogP contribution in [0.3, 0.4) is 0 Å². The Balaban J connectivity index is 4.74. The van der Waals surface area contributed by atoms with Gasteiger partial charge in [0.1, 0.15) is 0 Å². The number of hydrogen-bond acceptors (Lipinski definition) is 4. The van der Waals surface area contributed by atoms with Crippen LogP contribution in [0.15, 0.2) is 11.1 Å². The minimum Gasteiger partial charge on any atom is -0.462 e. The van der Waals surface area contributed by atoms with Gasteiger partial charge in [-0.15, -0.1) is 0 Å². The number of esters is 2. The third-order valence-corrected chi connectivity index (χ3v) is 5.95. The summed E-state index contributed by atoms with van der Waals surface area (Å²) in [4.78, 5) is 25.6. The standard InChI is InChI=1S/C28H52O4/c1-5-9-12-15-17-20-23-31-27(29)25(8-4)26(22-19-14-11-7-3)28(30)32-24-21-18-16-13-10-6-2/h5-24H2,1-4H3/b26-25-. The van der Waals surface area contributed by atoms with E-state index in [9.17, 15) is 9.59 Å². The second-order valence-electron chi connectivity index (χ2n) is 8.93. The Hall–Kier alpha value is -1.32. The minimum absolute atomic E-state index is 0.316. The summed E-state index contributed by atoms with van der Waals surface area (Å²) < 4.78 is 11.1. The number of unbranched alkanes of at least 4 members (excludes halogenated alkanes) is 13. The average Bonchev–Trinajstić information content (AvgIpc) is 2.79. The van der Waals surface area contributed by atoms with Crippen LogP contribution in [-0.4, -0.2) is 25.2 Å². The predicted molar refractivity (Wildman–Crippen MR) is 135 cm³/mol. The van der Waals surface area contributed by atoms with Crippen molar-refractivity contribution in [2.75, 3.05) is 13.2 Å². The molecule has 0 bridgehead atoms. The summed E-state index contributed by atoms with van der Waals surface area (Å²) in [5.74, 6) is -0.647. The van der Waals surface area contributed by atoms with Crippen LogP contribution >= 0.6 is 0 Å². The fraction of sp³-hybridized carbons (Fsp3) is 0.857. The molecular formula is C28H52O4. The summed E-state index contributed by atoms with van der Waals surface area (Å²) in [6.07, 6.45) is 19.2. The minimum atomic E-state index is -0.330. The quantitative estimate of drug-likeness (QED) is 0.0938. The van der Waals surface area contributed by atoms with E-state index in [-0.39, 0.29) is 11.9 Å². The molecule has 0 amide bonds. The van der Waals surface area contributed by atoms with E-state index in [0.29, 0.717) is 37.2 Å². The van der Waals surface area contributed by atoms with Crippen LogP contribution in [0.4, 0.5) is 0 Å². The number of ether oxygens (including phenoxy) is 2. The first kappa shape index (κ1) is 30.7. The summed E-state index contributed by atoms with van der Waals surface area (Å²) in [6.45, 7) is 9.38. The fourth-order valence-corrected chi connectivity index (χ4v) is 3.85. The van der Waals surface area contributed by atoms with Crippen LogP contribution in [0, 0.1) is 0 Å². The molecule has 0 aromatic carbocycles. The van der Waals surface area contributed by atoms with E-state index in [1.54, 1.807) is 0 Å². The van der Waals surface area contributed by atoms with Crippen LogP contribution < -0.4 is 0 Å². The molecule has 0 saturated carbocycles. The lowest BCUT2D eigenvalue weighted by Gasteiger charge is -2.14. The molecule has 0 aliphatic heterocycles. The molecule has 0 fully saturated rings. The van der Waals surface area contributed by atoms with E-state index in [1.807, 2.05) is 6.92 Å². The number of carbonyl (C=O) groups excluding carboxylic acids is 2. The number of hydrogen-bond donors (Lipinski definition) is 0. The van der Waals surface area contributed by atoms with Crippen molar-refractivity contribution in [3.63, 3.8) is 0 Å². The highest BCUT2D eigenvalue weighted by atomic mass is 16.5. The van der Waals surface area contributed by atoms with Gasteiger partial charge in [0.15, 0.2) is 0 Å². The lowest BCUT2D eigenvalue weighted by Crippen LogP contribution is -2.17. The molecule has 0 radical (unpaired) electrons. The molecule has 0 aliphatic carbocycles. The van der Waals surface area contributed by atoms with Gasteiger partial charge in [-0.2, -0.15) is 0 Å².